The van der Waals surface area contributed by atoms with Crippen LogP contribution in [0.25, 0.3) is 0 Å². The third-order valence-electron chi connectivity index (χ3n) is 8.56. The summed E-state index contributed by atoms with van der Waals surface area (Å²) >= 11 is 0. The molecule has 5 unspecified atom stereocenters. The number of rotatable bonds is 5. The highest BCUT2D eigenvalue weighted by atomic mass is 16.1. The summed E-state index contributed by atoms with van der Waals surface area (Å²) in [7, 11) is 0. The molecule has 27 heavy (non-hydrogen) atoms. The quantitative estimate of drug-likeness (QED) is 0.433. The highest BCUT2D eigenvalue weighted by Gasteiger charge is 2.61. The fourth-order valence-electron chi connectivity index (χ4n) is 7.53. The molecule has 0 N–H and O–H groups in total. The van der Waals surface area contributed by atoms with Crippen LogP contribution in [0.3, 0.4) is 0 Å². The lowest BCUT2D eigenvalue weighted by Gasteiger charge is -2.55. The van der Waals surface area contributed by atoms with Crippen LogP contribution in [0.1, 0.15) is 82.4 Å². The van der Waals surface area contributed by atoms with Crippen molar-refractivity contribution in [1.29, 1.82) is 0 Å². The Balaban J connectivity index is 1.78. The Morgan fingerprint density at radius 1 is 1.26 bits per heavy atom. The van der Waals surface area contributed by atoms with E-state index in [0.717, 1.165) is 24.5 Å². The second kappa shape index (κ2) is 6.61. The van der Waals surface area contributed by atoms with Crippen molar-refractivity contribution in [3.63, 3.8) is 0 Å². The van der Waals surface area contributed by atoms with Crippen LogP contribution in [0.15, 0.2) is 30.9 Å². The number of allylic oxidation sites excluding steroid dienone is 1. The summed E-state index contributed by atoms with van der Waals surface area (Å²) in [4.78, 5) is 11.5. The van der Waals surface area contributed by atoms with Gasteiger partial charge in [-0.05, 0) is 83.3 Å². The van der Waals surface area contributed by atoms with Crippen LogP contribution in [0.2, 0.25) is 0 Å². The van der Waals surface area contributed by atoms with Crippen LogP contribution in [0.5, 0.6) is 0 Å². The summed E-state index contributed by atoms with van der Waals surface area (Å²) in [6.45, 7) is 13.6. The predicted octanol–water partition coefficient (Wildman–Crippen LogP) is 6.46. The molecule has 3 aliphatic rings. The average molecular weight is 365 g/mol. The van der Waals surface area contributed by atoms with E-state index < -0.39 is 0 Å². The summed E-state index contributed by atoms with van der Waals surface area (Å²) in [6.07, 6.45) is 10.5. The molecule has 0 aromatic heterocycles. The second-order valence-corrected chi connectivity index (χ2v) is 10.6. The molecule has 0 aliphatic heterocycles. The number of carbonyl (C=O) groups is 1. The number of hydrogen-bond acceptors (Lipinski definition) is 1. The molecule has 0 heterocycles. The molecule has 2 saturated carbocycles. The first-order valence-corrected chi connectivity index (χ1v) is 11.0. The molecule has 146 valence electrons. The summed E-state index contributed by atoms with van der Waals surface area (Å²) in [5.41, 5.74) is 5.45. The Bertz CT molecular complexity index is 739. The van der Waals surface area contributed by atoms with Gasteiger partial charge in [-0.2, -0.15) is 0 Å². The predicted molar refractivity (Wildman–Crippen MR) is 113 cm³/mol. The van der Waals surface area contributed by atoms with Gasteiger partial charge < -0.3 is 4.79 Å². The second-order valence-electron chi connectivity index (χ2n) is 10.6. The zero-order valence-electron chi connectivity index (χ0n) is 17.6. The molecule has 6 atom stereocenters. The monoisotopic (exact) mass is 364 g/mol. The van der Waals surface area contributed by atoms with Gasteiger partial charge in [-0.15, -0.1) is 6.58 Å². The zero-order chi connectivity index (χ0) is 19.4. The highest BCUT2D eigenvalue weighted by Crippen LogP contribution is 2.67. The van der Waals surface area contributed by atoms with Crippen LogP contribution >= 0.6 is 0 Å². The van der Waals surface area contributed by atoms with Crippen molar-refractivity contribution >= 4 is 6.29 Å². The SMILES string of the molecule is C=C[C@H](C=O)CC1CC2(C)CCCC3(C)c4ccc(C(C)C)cc4CC1C23. The zero-order valence-corrected chi connectivity index (χ0v) is 17.6. The van der Waals surface area contributed by atoms with Gasteiger partial charge >= 0.3 is 0 Å². The van der Waals surface area contributed by atoms with E-state index in [-0.39, 0.29) is 5.92 Å². The van der Waals surface area contributed by atoms with E-state index in [2.05, 4.69) is 52.5 Å². The van der Waals surface area contributed by atoms with Crippen molar-refractivity contribution in [2.24, 2.45) is 29.1 Å². The largest absolute Gasteiger partial charge is 0.303 e. The minimum atomic E-state index is 0.0217. The van der Waals surface area contributed by atoms with Crippen LogP contribution in [0.4, 0.5) is 0 Å². The topological polar surface area (TPSA) is 17.1 Å². The first-order chi connectivity index (χ1) is 12.8. The standard InChI is InChI=1S/C26H36O/c1-6-18(16-27)12-21-15-25(4)10-7-11-26(5)23-9-8-19(17(2)3)13-20(23)14-22(21)24(25)26/h6,8-9,13,16-18,21-22,24H,1,7,10-12,14-15H2,2-5H3/t18-,21?,22?,24?,25?,26?/m0/s1. The van der Waals surface area contributed by atoms with Crippen molar-refractivity contribution < 1.29 is 4.79 Å². The van der Waals surface area contributed by atoms with Gasteiger partial charge in [-0.1, -0.05) is 58.4 Å². The molecule has 0 radical (unpaired) electrons. The normalized spacial score (nSPS) is 38.2. The summed E-state index contributed by atoms with van der Waals surface area (Å²) in [6, 6.07) is 7.36. The summed E-state index contributed by atoms with van der Waals surface area (Å²) < 4.78 is 0. The maximum absolute atomic E-state index is 11.5. The van der Waals surface area contributed by atoms with Gasteiger partial charge in [0.05, 0.1) is 0 Å². The van der Waals surface area contributed by atoms with Gasteiger partial charge in [0.25, 0.3) is 0 Å². The molecule has 1 aromatic rings. The lowest BCUT2D eigenvalue weighted by molar-refractivity contribution is -0.110. The van der Waals surface area contributed by atoms with Crippen molar-refractivity contribution in [2.45, 2.75) is 77.6 Å². The third-order valence-corrected chi connectivity index (χ3v) is 8.56. The minimum Gasteiger partial charge on any atom is -0.303 e. The van der Waals surface area contributed by atoms with Gasteiger partial charge in [0, 0.05) is 5.92 Å². The van der Waals surface area contributed by atoms with Crippen molar-refractivity contribution in [2.75, 3.05) is 0 Å². The average Bonchev–Trinajstić information content (AvgIpc) is 2.92. The molecule has 0 bridgehead atoms. The minimum absolute atomic E-state index is 0.0217. The van der Waals surface area contributed by atoms with Crippen LogP contribution in [0, 0.1) is 29.1 Å². The van der Waals surface area contributed by atoms with E-state index in [1.165, 1.54) is 37.7 Å². The number of aldehydes is 1. The molecular formula is C26H36O. The van der Waals surface area contributed by atoms with Crippen molar-refractivity contribution in [3.8, 4) is 0 Å². The molecule has 4 rings (SSSR count). The number of fused-ring (bicyclic) bond motifs is 2. The molecule has 0 spiro atoms. The fraction of sp³-hybridized carbons (Fsp3) is 0.654. The van der Waals surface area contributed by atoms with Crippen LogP contribution in [-0.4, -0.2) is 6.29 Å². The Morgan fingerprint density at radius 3 is 2.70 bits per heavy atom. The third kappa shape index (κ3) is 2.84. The smallest absolute Gasteiger partial charge is 0.126 e. The Labute approximate surface area is 165 Å². The molecule has 1 nitrogen and oxygen atoms in total. The van der Waals surface area contributed by atoms with E-state index >= 15 is 0 Å². The van der Waals surface area contributed by atoms with Crippen molar-refractivity contribution in [1.82, 2.24) is 0 Å². The van der Waals surface area contributed by atoms with Crippen molar-refractivity contribution in [3.05, 3.63) is 47.5 Å². The van der Waals surface area contributed by atoms with E-state index in [9.17, 15) is 4.79 Å². The van der Waals surface area contributed by atoms with E-state index in [1.807, 2.05) is 6.08 Å². The van der Waals surface area contributed by atoms with Gasteiger partial charge in [0.1, 0.15) is 6.29 Å². The molecule has 1 heteroatoms. The van der Waals surface area contributed by atoms with E-state index in [4.69, 9.17) is 0 Å². The molecule has 2 fully saturated rings. The first kappa shape index (κ1) is 19.0. The fourth-order valence-corrected chi connectivity index (χ4v) is 7.53. The van der Waals surface area contributed by atoms with E-state index in [1.54, 1.807) is 11.1 Å². The molecule has 1 aromatic carbocycles. The summed E-state index contributed by atoms with van der Waals surface area (Å²) in [5.74, 6) is 2.74. The Morgan fingerprint density at radius 2 is 2.04 bits per heavy atom. The molecule has 0 saturated heterocycles. The number of carbonyl (C=O) groups excluding carboxylic acids is 1. The van der Waals surface area contributed by atoms with Gasteiger partial charge in [0.2, 0.25) is 0 Å². The maximum Gasteiger partial charge on any atom is 0.126 e. The lowest BCUT2D eigenvalue weighted by atomic mass is 9.49. The molecule has 3 aliphatic carbocycles. The Kier molecular flexibility index (Phi) is 4.64. The molecular weight excluding hydrogens is 328 g/mol. The highest BCUT2D eigenvalue weighted by molar-refractivity contribution is 5.56. The van der Waals surface area contributed by atoms with Crippen LogP contribution < -0.4 is 0 Å². The lowest BCUT2D eigenvalue weighted by Crippen LogP contribution is -2.49. The van der Waals surface area contributed by atoms with Gasteiger partial charge in [-0.25, -0.2) is 0 Å². The Hall–Kier alpha value is -1.37. The summed E-state index contributed by atoms with van der Waals surface area (Å²) in [5, 5.41) is 0. The number of hydrogen-bond donors (Lipinski definition) is 0. The van der Waals surface area contributed by atoms with Gasteiger partial charge in [-0.3, -0.25) is 0 Å². The van der Waals surface area contributed by atoms with Gasteiger partial charge in [0.15, 0.2) is 0 Å². The van der Waals surface area contributed by atoms with Crippen LogP contribution in [-0.2, 0) is 16.6 Å². The molecule has 0 amide bonds. The first-order valence-electron chi connectivity index (χ1n) is 11.0. The maximum atomic E-state index is 11.5. The van der Waals surface area contributed by atoms with E-state index in [0.29, 0.717) is 22.7 Å². The number of benzene rings is 1.